The van der Waals surface area contributed by atoms with Crippen LogP contribution in [-0.2, 0) is 0 Å². The zero-order chi connectivity index (χ0) is 16.7. The van der Waals surface area contributed by atoms with Gasteiger partial charge in [0.15, 0.2) is 0 Å². The highest BCUT2D eigenvalue weighted by Crippen LogP contribution is 2.28. The molecule has 1 N–H and O–H groups in total. The van der Waals surface area contributed by atoms with Gasteiger partial charge in [0, 0.05) is 18.6 Å². The van der Waals surface area contributed by atoms with Gasteiger partial charge in [-0.2, -0.15) is 0 Å². The van der Waals surface area contributed by atoms with Gasteiger partial charge in [-0.1, -0.05) is 72.6 Å². The van der Waals surface area contributed by atoms with Crippen molar-refractivity contribution in [3.05, 3.63) is 0 Å². The highest BCUT2D eigenvalue weighted by molar-refractivity contribution is 4.86. The lowest BCUT2D eigenvalue weighted by Crippen LogP contribution is -2.49. The lowest BCUT2D eigenvalue weighted by atomic mass is 9.86. The van der Waals surface area contributed by atoms with E-state index < -0.39 is 0 Å². The van der Waals surface area contributed by atoms with Crippen LogP contribution in [0.1, 0.15) is 98.8 Å². The second-order valence-electron chi connectivity index (χ2n) is 7.09. The predicted octanol–water partition coefficient (Wildman–Crippen LogP) is 5.62. The summed E-state index contributed by atoms with van der Waals surface area (Å²) in [6, 6.07) is 0. The van der Waals surface area contributed by atoms with Crippen molar-refractivity contribution < 1.29 is 0 Å². The molecule has 134 valence electrons. The van der Waals surface area contributed by atoms with Crippen molar-refractivity contribution in [2.45, 2.75) is 104 Å². The number of unbranched alkanes of at least 4 members (excludes halogenated alkanes) is 5. The summed E-state index contributed by atoms with van der Waals surface area (Å²) in [4.78, 5) is 2.75. The molecule has 0 aromatic rings. The quantitative estimate of drug-likeness (QED) is 0.372. The lowest BCUT2D eigenvalue weighted by molar-refractivity contribution is 0.0865. The Bertz CT molecular complexity index is 230. The number of nitrogens with one attached hydrogen (secondary N) is 1. The van der Waals surface area contributed by atoms with E-state index in [1.165, 1.54) is 77.3 Å². The Morgan fingerprint density at radius 1 is 0.727 bits per heavy atom. The Hall–Kier alpha value is -0.0800. The van der Waals surface area contributed by atoms with E-state index in [0.717, 1.165) is 13.1 Å². The van der Waals surface area contributed by atoms with Crippen LogP contribution in [0.3, 0.4) is 0 Å². The topological polar surface area (TPSA) is 15.3 Å². The van der Waals surface area contributed by atoms with Crippen molar-refractivity contribution in [2.24, 2.45) is 0 Å². The minimum atomic E-state index is 0.408. The molecule has 0 fully saturated rings. The maximum Gasteiger partial charge on any atom is 0.0181 e. The number of hydrogen-bond acceptors (Lipinski definition) is 2. The minimum Gasteiger partial charge on any atom is -0.315 e. The Labute approximate surface area is 141 Å². The third kappa shape index (κ3) is 9.84. The molecule has 0 heterocycles. The van der Waals surface area contributed by atoms with Crippen molar-refractivity contribution >= 4 is 0 Å². The Kier molecular flexibility index (Phi) is 14.5. The fourth-order valence-corrected chi connectivity index (χ4v) is 3.46. The van der Waals surface area contributed by atoms with Crippen molar-refractivity contribution in [3.8, 4) is 0 Å². The van der Waals surface area contributed by atoms with E-state index in [9.17, 15) is 0 Å². The zero-order valence-electron chi connectivity index (χ0n) is 16.3. The molecule has 0 aromatic carbocycles. The van der Waals surface area contributed by atoms with Crippen LogP contribution in [0.5, 0.6) is 0 Å². The molecule has 0 aliphatic rings. The first kappa shape index (κ1) is 21.9. The fourth-order valence-electron chi connectivity index (χ4n) is 3.46. The summed E-state index contributed by atoms with van der Waals surface area (Å²) in [5, 5.41) is 3.57. The lowest BCUT2D eigenvalue weighted by Gasteiger charge is -2.42. The van der Waals surface area contributed by atoms with Gasteiger partial charge in [-0.05, 0) is 39.3 Å². The molecule has 0 bridgehead atoms. The van der Waals surface area contributed by atoms with Crippen molar-refractivity contribution in [1.29, 1.82) is 0 Å². The van der Waals surface area contributed by atoms with Gasteiger partial charge in [0.2, 0.25) is 0 Å². The summed E-state index contributed by atoms with van der Waals surface area (Å²) in [6.07, 6.45) is 13.6. The first-order valence-corrected chi connectivity index (χ1v) is 10.1. The Morgan fingerprint density at radius 2 is 1.32 bits per heavy atom. The molecule has 0 saturated carbocycles. The predicted molar refractivity (Wildman–Crippen MR) is 102 cm³/mol. The number of hydrogen-bond donors (Lipinski definition) is 1. The molecular weight excluding hydrogens is 268 g/mol. The molecule has 22 heavy (non-hydrogen) atoms. The van der Waals surface area contributed by atoms with E-state index in [1.54, 1.807) is 0 Å². The smallest absolute Gasteiger partial charge is 0.0181 e. The molecule has 0 amide bonds. The van der Waals surface area contributed by atoms with Crippen molar-refractivity contribution in [3.63, 3.8) is 0 Å². The minimum absolute atomic E-state index is 0.408. The SMILES string of the molecule is CCCCCCC(C)(CCCCC)N(CC)CCNCCC. The van der Waals surface area contributed by atoms with E-state index in [0.29, 0.717) is 5.54 Å². The van der Waals surface area contributed by atoms with Gasteiger partial charge in [-0.15, -0.1) is 0 Å². The van der Waals surface area contributed by atoms with Gasteiger partial charge in [-0.3, -0.25) is 4.90 Å². The van der Waals surface area contributed by atoms with Gasteiger partial charge >= 0.3 is 0 Å². The monoisotopic (exact) mass is 312 g/mol. The Morgan fingerprint density at radius 3 is 1.86 bits per heavy atom. The van der Waals surface area contributed by atoms with Crippen LogP contribution in [0.15, 0.2) is 0 Å². The third-order valence-electron chi connectivity index (χ3n) is 5.02. The van der Waals surface area contributed by atoms with Gasteiger partial charge in [0.1, 0.15) is 0 Å². The van der Waals surface area contributed by atoms with Crippen molar-refractivity contribution in [2.75, 3.05) is 26.2 Å². The highest BCUT2D eigenvalue weighted by Gasteiger charge is 2.29. The van der Waals surface area contributed by atoms with E-state index >= 15 is 0 Å². The van der Waals surface area contributed by atoms with E-state index in [-0.39, 0.29) is 0 Å². The standard InChI is InChI=1S/C20H44N2/c1-6-10-12-14-16-20(5,15-13-11-7-2)22(9-4)19-18-21-17-8-3/h21H,6-19H2,1-5H3. The molecule has 0 aromatic heterocycles. The maximum atomic E-state index is 3.57. The Balaban J connectivity index is 4.46. The van der Waals surface area contributed by atoms with Crippen LogP contribution in [-0.4, -0.2) is 36.6 Å². The molecule has 2 heteroatoms. The van der Waals surface area contributed by atoms with E-state index in [4.69, 9.17) is 0 Å². The molecule has 1 unspecified atom stereocenters. The second kappa shape index (κ2) is 14.5. The van der Waals surface area contributed by atoms with Crippen LogP contribution in [0.4, 0.5) is 0 Å². The number of rotatable bonds is 16. The molecule has 0 saturated heterocycles. The van der Waals surface area contributed by atoms with Crippen LogP contribution >= 0.6 is 0 Å². The largest absolute Gasteiger partial charge is 0.315 e. The van der Waals surface area contributed by atoms with Gasteiger partial charge in [-0.25, -0.2) is 0 Å². The molecule has 0 aliphatic carbocycles. The zero-order valence-corrected chi connectivity index (χ0v) is 16.3. The van der Waals surface area contributed by atoms with Gasteiger partial charge in [0.05, 0.1) is 0 Å². The normalized spacial score (nSPS) is 14.5. The summed E-state index contributed by atoms with van der Waals surface area (Å²) in [6.45, 7) is 16.4. The van der Waals surface area contributed by atoms with E-state index in [2.05, 4.69) is 44.8 Å². The summed E-state index contributed by atoms with van der Waals surface area (Å²) >= 11 is 0. The van der Waals surface area contributed by atoms with Crippen LogP contribution in [0, 0.1) is 0 Å². The molecule has 0 rings (SSSR count). The summed E-state index contributed by atoms with van der Waals surface area (Å²) in [7, 11) is 0. The molecule has 2 nitrogen and oxygen atoms in total. The van der Waals surface area contributed by atoms with Crippen LogP contribution in [0.2, 0.25) is 0 Å². The van der Waals surface area contributed by atoms with Crippen molar-refractivity contribution in [1.82, 2.24) is 10.2 Å². The highest BCUT2D eigenvalue weighted by atomic mass is 15.2. The number of nitrogens with zero attached hydrogens (tertiary/aromatic N) is 1. The average molecular weight is 313 g/mol. The average Bonchev–Trinajstić information content (AvgIpc) is 2.52. The van der Waals surface area contributed by atoms with Gasteiger partial charge in [0.25, 0.3) is 0 Å². The fraction of sp³-hybridized carbons (Fsp3) is 1.00. The van der Waals surface area contributed by atoms with Crippen LogP contribution < -0.4 is 5.32 Å². The van der Waals surface area contributed by atoms with E-state index in [1.807, 2.05) is 0 Å². The summed E-state index contributed by atoms with van der Waals surface area (Å²) < 4.78 is 0. The molecule has 1 atom stereocenters. The molecular formula is C20H44N2. The van der Waals surface area contributed by atoms with Gasteiger partial charge < -0.3 is 5.32 Å². The summed E-state index contributed by atoms with van der Waals surface area (Å²) in [5.74, 6) is 0. The maximum absolute atomic E-state index is 3.57. The molecule has 0 aliphatic heterocycles. The molecule has 0 spiro atoms. The third-order valence-corrected chi connectivity index (χ3v) is 5.02. The number of likely N-dealkylation sites (N-methyl/N-ethyl adjacent to an activating group) is 1. The second-order valence-corrected chi connectivity index (χ2v) is 7.09. The summed E-state index contributed by atoms with van der Waals surface area (Å²) in [5.41, 5.74) is 0.408. The van der Waals surface area contributed by atoms with Crippen LogP contribution in [0.25, 0.3) is 0 Å². The molecule has 0 radical (unpaired) electrons. The first-order chi connectivity index (χ1) is 10.6. The first-order valence-electron chi connectivity index (χ1n) is 10.1.